The van der Waals surface area contributed by atoms with Crippen LogP contribution in [-0.4, -0.2) is 31.2 Å². The van der Waals surface area contributed by atoms with Gasteiger partial charge in [-0.3, -0.25) is 0 Å². The summed E-state index contributed by atoms with van der Waals surface area (Å²) >= 11 is 0. The predicted molar refractivity (Wildman–Crippen MR) is 73.4 cm³/mol. The van der Waals surface area contributed by atoms with E-state index < -0.39 is 0 Å². The van der Waals surface area contributed by atoms with Crippen molar-refractivity contribution in [3.63, 3.8) is 0 Å². The van der Waals surface area contributed by atoms with E-state index in [9.17, 15) is 0 Å². The van der Waals surface area contributed by atoms with Crippen LogP contribution in [0.25, 0.3) is 6.08 Å². The van der Waals surface area contributed by atoms with Crippen molar-refractivity contribution in [2.75, 3.05) is 31.1 Å². The van der Waals surface area contributed by atoms with Crippen molar-refractivity contribution >= 4 is 11.8 Å². The maximum Gasteiger partial charge on any atom is 0.163 e. The number of nitriles is 1. The Bertz CT molecular complexity index is 489. The molecule has 18 heavy (non-hydrogen) atoms. The van der Waals surface area contributed by atoms with Crippen LogP contribution in [0.3, 0.4) is 0 Å². The van der Waals surface area contributed by atoms with E-state index in [-0.39, 0.29) is 0 Å². The van der Waals surface area contributed by atoms with Crippen LogP contribution in [0.15, 0.2) is 17.8 Å². The summed E-state index contributed by atoms with van der Waals surface area (Å²) in [6, 6.07) is 4.24. The van der Waals surface area contributed by atoms with Gasteiger partial charge in [-0.05, 0) is 25.5 Å². The molecule has 0 radical (unpaired) electrons. The molecule has 2 rings (SSSR count). The molecule has 1 aromatic heterocycles. The number of hydrogen-bond acceptors (Lipinski definition) is 4. The van der Waals surface area contributed by atoms with Crippen LogP contribution in [-0.2, 0) is 0 Å². The molecular weight excluding hydrogens is 224 g/mol. The SMILES string of the molecule is CC(C)=Cc1cnc(C#N)c(N2CCNCC2)c1. The minimum atomic E-state index is 0.516. The van der Waals surface area contributed by atoms with Crippen LogP contribution in [0.2, 0.25) is 0 Å². The first kappa shape index (κ1) is 12.6. The average Bonchev–Trinajstić information content (AvgIpc) is 2.39. The Morgan fingerprint density at radius 2 is 2.17 bits per heavy atom. The summed E-state index contributed by atoms with van der Waals surface area (Å²) in [5.41, 5.74) is 3.76. The number of rotatable bonds is 2. The number of hydrogen-bond donors (Lipinski definition) is 1. The second-order valence-electron chi connectivity index (χ2n) is 4.71. The minimum Gasteiger partial charge on any atom is -0.367 e. The Kier molecular flexibility index (Phi) is 3.96. The van der Waals surface area contributed by atoms with E-state index in [1.165, 1.54) is 5.57 Å². The Hall–Kier alpha value is -1.86. The molecule has 1 aliphatic rings. The van der Waals surface area contributed by atoms with Gasteiger partial charge >= 0.3 is 0 Å². The highest BCUT2D eigenvalue weighted by molar-refractivity contribution is 5.63. The van der Waals surface area contributed by atoms with Gasteiger partial charge in [0.2, 0.25) is 0 Å². The van der Waals surface area contributed by atoms with Crippen LogP contribution in [0, 0.1) is 11.3 Å². The summed E-state index contributed by atoms with van der Waals surface area (Å²) in [6.07, 6.45) is 3.84. The second kappa shape index (κ2) is 5.65. The van der Waals surface area contributed by atoms with Gasteiger partial charge in [0.1, 0.15) is 6.07 Å². The number of anilines is 1. The summed E-state index contributed by atoms with van der Waals surface area (Å²) < 4.78 is 0. The molecule has 94 valence electrons. The van der Waals surface area contributed by atoms with Gasteiger partial charge in [0.25, 0.3) is 0 Å². The Morgan fingerprint density at radius 3 is 2.78 bits per heavy atom. The van der Waals surface area contributed by atoms with Crippen molar-refractivity contribution in [3.05, 3.63) is 29.1 Å². The van der Waals surface area contributed by atoms with Gasteiger partial charge in [0.15, 0.2) is 5.69 Å². The lowest BCUT2D eigenvalue weighted by atomic mass is 10.1. The fraction of sp³-hybridized carbons (Fsp3) is 0.429. The van der Waals surface area contributed by atoms with Crippen molar-refractivity contribution in [3.8, 4) is 6.07 Å². The van der Waals surface area contributed by atoms with E-state index in [1.807, 2.05) is 0 Å². The topological polar surface area (TPSA) is 52.0 Å². The molecule has 1 fully saturated rings. The molecule has 1 aliphatic heterocycles. The molecule has 4 nitrogen and oxygen atoms in total. The summed E-state index contributed by atoms with van der Waals surface area (Å²) in [5, 5.41) is 12.5. The van der Waals surface area contributed by atoms with Crippen LogP contribution in [0.4, 0.5) is 5.69 Å². The standard InChI is InChI=1S/C14H18N4/c1-11(2)7-12-8-14(13(9-15)17-10-12)18-5-3-16-4-6-18/h7-8,10,16H,3-6H2,1-2H3. The van der Waals surface area contributed by atoms with Crippen molar-refractivity contribution in [2.45, 2.75) is 13.8 Å². The lowest BCUT2D eigenvalue weighted by Gasteiger charge is -2.29. The van der Waals surface area contributed by atoms with Crippen molar-refractivity contribution in [2.24, 2.45) is 0 Å². The van der Waals surface area contributed by atoms with Crippen LogP contribution < -0.4 is 10.2 Å². The Balaban J connectivity index is 2.36. The van der Waals surface area contributed by atoms with E-state index in [0.29, 0.717) is 5.69 Å². The van der Waals surface area contributed by atoms with Gasteiger partial charge in [-0.25, -0.2) is 4.98 Å². The molecule has 0 atom stereocenters. The highest BCUT2D eigenvalue weighted by Gasteiger charge is 2.15. The van der Waals surface area contributed by atoms with Gasteiger partial charge in [0.05, 0.1) is 5.69 Å². The predicted octanol–water partition coefficient (Wildman–Crippen LogP) is 1.79. The first-order chi connectivity index (χ1) is 8.70. The molecule has 0 spiro atoms. The zero-order valence-corrected chi connectivity index (χ0v) is 10.9. The molecular formula is C14H18N4. The third-order valence-corrected chi connectivity index (χ3v) is 2.91. The van der Waals surface area contributed by atoms with Crippen LogP contribution >= 0.6 is 0 Å². The van der Waals surface area contributed by atoms with Crippen molar-refractivity contribution < 1.29 is 0 Å². The Morgan fingerprint density at radius 1 is 1.44 bits per heavy atom. The summed E-state index contributed by atoms with van der Waals surface area (Å²) in [5.74, 6) is 0. The lowest BCUT2D eigenvalue weighted by Crippen LogP contribution is -2.43. The lowest BCUT2D eigenvalue weighted by molar-refractivity contribution is 0.588. The van der Waals surface area contributed by atoms with E-state index >= 15 is 0 Å². The zero-order chi connectivity index (χ0) is 13.0. The van der Waals surface area contributed by atoms with Gasteiger partial charge in [-0.2, -0.15) is 5.26 Å². The number of nitrogens with one attached hydrogen (secondary N) is 1. The first-order valence-corrected chi connectivity index (χ1v) is 6.21. The third-order valence-electron chi connectivity index (χ3n) is 2.91. The molecule has 0 aliphatic carbocycles. The van der Waals surface area contributed by atoms with E-state index in [1.54, 1.807) is 6.20 Å². The van der Waals surface area contributed by atoms with Crippen LogP contribution in [0.5, 0.6) is 0 Å². The van der Waals surface area contributed by atoms with Gasteiger partial charge < -0.3 is 10.2 Å². The average molecular weight is 242 g/mol. The molecule has 1 aromatic rings. The highest BCUT2D eigenvalue weighted by Crippen LogP contribution is 2.21. The van der Waals surface area contributed by atoms with Gasteiger partial charge in [-0.15, -0.1) is 0 Å². The highest BCUT2D eigenvalue weighted by atomic mass is 15.2. The van der Waals surface area contributed by atoms with Gasteiger partial charge in [-0.1, -0.05) is 11.6 Å². The smallest absolute Gasteiger partial charge is 0.163 e. The maximum absolute atomic E-state index is 9.15. The molecule has 0 aromatic carbocycles. The molecule has 0 amide bonds. The summed E-state index contributed by atoms with van der Waals surface area (Å²) in [7, 11) is 0. The molecule has 0 bridgehead atoms. The molecule has 0 unspecified atom stereocenters. The number of nitrogens with zero attached hydrogens (tertiary/aromatic N) is 3. The second-order valence-corrected chi connectivity index (χ2v) is 4.71. The van der Waals surface area contributed by atoms with E-state index in [4.69, 9.17) is 5.26 Å². The maximum atomic E-state index is 9.15. The summed E-state index contributed by atoms with van der Waals surface area (Å²) in [6.45, 7) is 7.88. The third kappa shape index (κ3) is 2.88. The zero-order valence-electron chi connectivity index (χ0n) is 10.9. The van der Waals surface area contributed by atoms with Gasteiger partial charge in [0, 0.05) is 32.4 Å². The fourth-order valence-electron chi connectivity index (χ4n) is 2.11. The van der Waals surface area contributed by atoms with Crippen molar-refractivity contribution in [1.82, 2.24) is 10.3 Å². The molecule has 4 heteroatoms. The summed E-state index contributed by atoms with van der Waals surface area (Å²) in [4.78, 5) is 6.48. The number of piperazine rings is 1. The number of allylic oxidation sites excluding steroid dienone is 1. The van der Waals surface area contributed by atoms with Crippen molar-refractivity contribution in [1.29, 1.82) is 5.26 Å². The van der Waals surface area contributed by atoms with E-state index in [0.717, 1.165) is 37.4 Å². The Labute approximate surface area is 108 Å². The molecule has 1 saturated heterocycles. The normalized spacial score (nSPS) is 15.1. The minimum absolute atomic E-state index is 0.516. The molecule has 0 saturated carbocycles. The number of pyridine rings is 1. The van der Waals surface area contributed by atoms with Crippen LogP contribution in [0.1, 0.15) is 25.1 Å². The molecule has 1 N–H and O–H groups in total. The quantitative estimate of drug-likeness (QED) is 0.859. The van der Waals surface area contributed by atoms with E-state index in [2.05, 4.69) is 47.3 Å². The fourth-order valence-corrected chi connectivity index (χ4v) is 2.11. The first-order valence-electron chi connectivity index (χ1n) is 6.21. The largest absolute Gasteiger partial charge is 0.367 e. The number of aromatic nitrogens is 1. The molecule has 2 heterocycles. The monoisotopic (exact) mass is 242 g/mol.